The first-order valence-electron chi connectivity index (χ1n) is 6.44. The molecule has 2 aliphatic rings. The SMILES string of the molecule is CCNC(=O)N1[C@@H]2CCCC[C@@H]2C[C@H]1C(=O)O. The Kier molecular flexibility index (Phi) is 3.54. The molecule has 2 N–H and O–H groups in total. The number of rotatable bonds is 2. The van der Waals surface area contributed by atoms with E-state index in [1.165, 1.54) is 0 Å². The van der Waals surface area contributed by atoms with E-state index in [1.54, 1.807) is 4.90 Å². The predicted molar refractivity (Wildman–Crippen MR) is 62.7 cm³/mol. The van der Waals surface area contributed by atoms with Gasteiger partial charge in [0.2, 0.25) is 0 Å². The molecule has 0 aromatic heterocycles. The third-order valence-electron chi connectivity index (χ3n) is 3.94. The van der Waals surface area contributed by atoms with Crippen LogP contribution in [-0.2, 0) is 4.79 Å². The molecule has 1 aliphatic heterocycles. The van der Waals surface area contributed by atoms with E-state index in [1.807, 2.05) is 6.92 Å². The molecule has 1 aliphatic carbocycles. The van der Waals surface area contributed by atoms with Gasteiger partial charge in [0, 0.05) is 12.6 Å². The first-order chi connectivity index (χ1) is 8.15. The summed E-state index contributed by atoms with van der Waals surface area (Å²) in [6, 6.07) is -0.708. The predicted octanol–water partition coefficient (Wildman–Crippen LogP) is 1.43. The molecule has 0 unspecified atom stereocenters. The minimum atomic E-state index is -0.870. The summed E-state index contributed by atoms with van der Waals surface area (Å²) in [6.45, 7) is 2.39. The van der Waals surface area contributed by atoms with Crippen LogP contribution in [0, 0.1) is 5.92 Å². The van der Waals surface area contributed by atoms with Crippen molar-refractivity contribution in [2.75, 3.05) is 6.54 Å². The van der Waals surface area contributed by atoms with Crippen LogP contribution in [0.1, 0.15) is 39.0 Å². The molecule has 0 bridgehead atoms. The number of nitrogens with one attached hydrogen (secondary N) is 1. The molecule has 5 nitrogen and oxygen atoms in total. The maximum absolute atomic E-state index is 12.0. The van der Waals surface area contributed by atoms with Crippen molar-refractivity contribution in [1.82, 2.24) is 10.2 Å². The molecule has 2 fully saturated rings. The number of urea groups is 1. The Morgan fingerprint density at radius 2 is 2.06 bits per heavy atom. The number of carboxylic acid groups (broad SMARTS) is 1. The van der Waals surface area contributed by atoms with Crippen LogP contribution in [0.4, 0.5) is 4.79 Å². The molecule has 1 heterocycles. The number of carbonyl (C=O) groups excluding carboxylic acids is 1. The number of carbonyl (C=O) groups is 2. The fraction of sp³-hybridized carbons (Fsp3) is 0.833. The van der Waals surface area contributed by atoms with Crippen molar-refractivity contribution in [1.29, 1.82) is 0 Å². The molecule has 0 spiro atoms. The molecule has 96 valence electrons. The Labute approximate surface area is 101 Å². The van der Waals surface area contributed by atoms with E-state index in [2.05, 4.69) is 5.32 Å². The van der Waals surface area contributed by atoms with Crippen LogP contribution in [-0.4, -0.2) is 40.6 Å². The maximum atomic E-state index is 12.0. The van der Waals surface area contributed by atoms with Crippen LogP contribution in [0.5, 0.6) is 0 Å². The van der Waals surface area contributed by atoms with Gasteiger partial charge in [-0.05, 0) is 32.1 Å². The van der Waals surface area contributed by atoms with Gasteiger partial charge in [0.1, 0.15) is 6.04 Å². The molecule has 0 aromatic carbocycles. The quantitative estimate of drug-likeness (QED) is 0.767. The summed E-state index contributed by atoms with van der Waals surface area (Å²) in [6.07, 6.45) is 4.90. The van der Waals surface area contributed by atoms with E-state index < -0.39 is 12.0 Å². The Bertz CT molecular complexity index is 319. The standard InChI is InChI=1S/C12H20N2O3/c1-2-13-12(17)14-9-6-4-3-5-8(9)7-10(14)11(15)16/h8-10H,2-7H2,1H3,(H,13,17)(H,15,16)/t8-,9-,10+/m1/s1. The molecule has 2 amide bonds. The molecule has 0 aromatic rings. The third-order valence-corrected chi connectivity index (χ3v) is 3.94. The fourth-order valence-corrected chi connectivity index (χ4v) is 3.22. The van der Waals surface area contributed by atoms with Crippen molar-refractivity contribution in [3.8, 4) is 0 Å². The highest BCUT2D eigenvalue weighted by Crippen LogP contribution is 2.39. The van der Waals surface area contributed by atoms with Crippen molar-refractivity contribution in [2.24, 2.45) is 5.92 Å². The Hall–Kier alpha value is -1.26. The van der Waals surface area contributed by atoms with Gasteiger partial charge in [0.25, 0.3) is 0 Å². The van der Waals surface area contributed by atoms with Crippen LogP contribution in [0.15, 0.2) is 0 Å². The van der Waals surface area contributed by atoms with E-state index in [0.29, 0.717) is 18.9 Å². The van der Waals surface area contributed by atoms with Crippen LogP contribution >= 0.6 is 0 Å². The largest absolute Gasteiger partial charge is 0.480 e. The average Bonchev–Trinajstić information content (AvgIpc) is 2.68. The van der Waals surface area contributed by atoms with E-state index in [0.717, 1.165) is 25.7 Å². The number of hydrogen-bond acceptors (Lipinski definition) is 2. The number of hydrogen-bond donors (Lipinski definition) is 2. The molecule has 5 heteroatoms. The number of amides is 2. The lowest BCUT2D eigenvalue weighted by Gasteiger charge is -2.32. The molecule has 1 saturated heterocycles. The second-order valence-electron chi connectivity index (χ2n) is 4.94. The van der Waals surface area contributed by atoms with Gasteiger partial charge in [-0.15, -0.1) is 0 Å². The average molecular weight is 240 g/mol. The van der Waals surface area contributed by atoms with Crippen molar-refractivity contribution < 1.29 is 14.7 Å². The lowest BCUT2D eigenvalue weighted by molar-refractivity contribution is -0.141. The van der Waals surface area contributed by atoms with Crippen molar-refractivity contribution in [3.63, 3.8) is 0 Å². The molecule has 17 heavy (non-hydrogen) atoms. The van der Waals surface area contributed by atoms with Gasteiger partial charge in [-0.25, -0.2) is 9.59 Å². The van der Waals surface area contributed by atoms with Gasteiger partial charge in [-0.1, -0.05) is 12.8 Å². The van der Waals surface area contributed by atoms with Crippen molar-refractivity contribution in [3.05, 3.63) is 0 Å². The lowest BCUT2D eigenvalue weighted by atomic mass is 9.85. The number of likely N-dealkylation sites (tertiary alicyclic amines) is 1. The van der Waals surface area contributed by atoms with Gasteiger partial charge in [-0.3, -0.25) is 0 Å². The Morgan fingerprint density at radius 1 is 1.35 bits per heavy atom. The minimum Gasteiger partial charge on any atom is -0.480 e. The number of aliphatic carboxylic acids is 1. The van der Waals surface area contributed by atoms with E-state index in [9.17, 15) is 14.7 Å². The zero-order valence-electron chi connectivity index (χ0n) is 10.2. The highest BCUT2D eigenvalue weighted by molar-refractivity contribution is 5.83. The van der Waals surface area contributed by atoms with E-state index >= 15 is 0 Å². The molecule has 0 radical (unpaired) electrons. The second kappa shape index (κ2) is 4.94. The zero-order valence-corrected chi connectivity index (χ0v) is 10.2. The summed E-state index contributed by atoms with van der Waals surface area (Å²) < 4.78 is 0. The van der Waals surface area contributed by atoms with Crippen molar-refractivity contribution >= 4 is 12.0 Å². The Balaban J connectivity index is 2.17. The summed E-state index contributed by atoms with van der Waals surface area (Å²) in [4.78, 5) is 24.8. The second-order valence-corrected chi connectivity index (χ2v) is 4.94. The fourth-order valence-electron chi connectivity index (χ4n) is 3.22. The van der Waals surface area contributed by atoms with Gasteiger partial charge < -0.3 is 15.3 Å². The topological polar surface area (TPSA) is 69.6 Å². The highest BCUT2D eigenvalue weighted by Gasteiger charge is 2.47. The summed E-state index contributed by atoms with van der Waals surface area (Å²) in [5.41, 5.74) is 0. The highest BCUT2D eigenvalue weighted by atomic mass is 16.4. The van der Waals surface area contributed by atoms with E-state index in [-0.39, 0.29) is 12.1 Å². The molecule has 2 rings (SSSR count). The van der Waals surface area contributed by atoms with Gasteiger partial charge >= 0.3 is 12.0 Å². The normalized spacial score (nSPS) is 32.1. The summed E-state index contributed by atoms with van der Waals surface area (Å²) in [7, 11) is 0. The van der Waals surface area contributed by atoms with Gasteiger partial charge in [0.15, 0.2) is 0 Å². The molecule has 3 atom stereocenters. The van der Waals surface area contributed by atoms with Crippen molar-refractivity contribution in [2.45, 2.75) is 51.1 Å². The van der Waals surface area contributed by atoms with Crippen LogP contribution in [0.25, 0.3) is 0 Å². The first kappa shape index (κ1) is 12.2. The summed E-state index contributed by atoms with van der Waals surface area (Å²) in [5.74, 6) is -0.488. The smallest absolute Gasteiger partial charge is 0.326 e. The zero-order chi connectivity index (χ0) is 12.4. The maximum Gasteiger partial charge on any atom is 0.326 e. The van der Waals surface area contributed by atoms with E-state index in [4.69, 9.17) is 0 Å². The van der Waals surface area contributed by atoms with Gasteiger partial charge in [0.05, 0.1) is 0 Å². The number of nitrogens with zero attached hydrogens (tertiary/aromatic N) is 1. The Morgan fingerprint density at radius 3 is 2.71 bits per heavy atom. The van der Waals surface area contributed by atoms with Crippen LogP contribution < -0.4 is 5.32 Å². The third kappa shape index (κ3) is 2.23. The van der Waals surface area contributed by atoms with Gasteiger partial charge in [-0.2, -0.15) is 0 Å². The van der Waals surface area contributed by atoms with Crippen LogP contribution in [0.2, 0.25) is 0 Å². The summed E-state index contributed by atoms with van der Waals surface area (Å²) >= 11 is 0. The minimum absolute atomic E-state index is 0.136. The molecular weight excluding hydrogens is 220 g/mol. The lowest BCUT2D eigenvalue weighted by Crippen LogP contribution is -2.50. The number of carboxylic acids is 1. The van der Waals surface area contributed by atoms with Crippen LogP contribution in [0.3, 0.4) is 0 Å². The first-order valence-corrected chi connectivity index (χ1v) is 6.44. The number of fused-ring (bicyclic) bond motifs is 1. The summed E-state index contributed by atoms with van der Waals surface area (Å²) in [5, 5.41) is 12.0. The molecule has 1 saturated carbocycles. The molecular formula is C12H20N2O3. The monoisotopic (exact) mass is 240 g/mol.